The summed E-state index contributed by atoms with van der Waals surface area (Å²) in [6.07, 6.45) is 0. The van der Waals surface area contributed by atoms with Crippen molar-refractivity contribution in [3.05, 3.63) is 39.6 Å². The van der Waals surface area contributed by atoms with E-state index in [0.717, 1.165) is 11.4 Å². The number of hydrogen-bond donors (Lipinski definition) is 0. The molecular formula is C12H16N4O2. The highest BCUT2D eigenvalue weighted by molar-refractivity contribution is 5.13. The summed E-state index contributed by atoms with van der Waals surface area (Å²) in [5, 5.41) is 4.25. The van der Waals surface area contributed by atoms with Gasteiger partial charge in [-0.2, -0.15) is 5.10 Å². The van der Waals surface area contributed by atoms with Crippen LogP contribution in [-0.2, 0) is 13.6 Å². The van der Waals surface area contributed by atoms with Crippen LogP contribution < -0.4 is 10.3 Å². The smallest absolute Gasteiger partial charge is 0.299 e. The molecule has 2 aromatic heterocycles. The van der Waals surface area contributed by atoms with Crippen LogP contribution in [0, 0.1) is 13.8 Å². The summed E-state index contributed by atoms with van der Waals surface area (Å²) in [6.45, 7) is 4.08. The molecule has 2 aromatic rings. The lowest BCUT2D eigenvalue weighted by atomic mass is 10.3. The Balaban J connectivity index is 2.46. The molecule has 2 rings (SSSR count). The minimum absolute atomic E-state index is 0.127. The Morgan fingerprint density at radius 1 is 1.28 bits per heavy atom. The van der Waals surface area contributed by atoms with Gasteiger partial charge in [-0.3, -0.25) is 14.0 Å². The molecule has 0 fully saturated rings. The highest BCUT2D eigenvalue weighted by atomic mass is 16.5. The second-order valence-electron chi connectivity index (χ2n) is 4.21. The molecule has 0 spiro atoms. The minimum Gasteiger partial charge on any atom is -0.468 e. The third-order valence-electron chi connectivity index (χ3n) is 2.70. The van der Waals surface area contributed by atoms with Crippen LogP contribution in [-0.4, -0.2) is 26.4 Å². The highest BCUT2D eigenvalue weighted by Crippen LogP contribution is 2.09. The van der Waals surface area contributed by atoms with E-state index in [1.807, 2.05) is 20.0 Å². The molecular weight excluding hydrogens is 232 g/mol. The molecule has 0 aliphatic heterocycles. The van der Waals surface area contributed by atoms with E-state index in [2.05, 4.69) is 10.1 Å². The van der Waals surface area contributed by atoms with Crippen molar-refractivity contribution >= 4 is 0 Å². The molecule has 0 aliphatic carbocycles. The van der Waals surface area contributed by atoms with Crippen LogP contribution in [0.25, 0.3) is 0 Å². The third kappa shape index (κ3) is 2.27. The summed E-state index contributed by atoms with van der Waals surface area (Å²) in [6, 6.07) is 3.75. The van der Waals surface area contributed by atoms with Gasteiger partial charge in [0, 0.05) is 18.8 Å². The van der Waals surface area contributed by atoms with Crippen molar-refractivity contribution in [2.24, 2.45) is 7.05 Å². The summed E-state index contributed by atoms with van der Waals surface area (Å²) in [5.41, 5.74) is 2.37. The van der Waals surface area contributed by atoms with Gasteiger partial charge in [0.2, 0.25) is 0 Å². The number of hydrogen-bond acceptors (Lipinski definition) is 4. The minimum atomic E-state index is -0.127. The standard InChI is InChI=1S/C12H16N4O2/c1-8-6-11(17)16(12(13-8)18-4)7-10-5-9(2)14-15(10)3/h5-6H,7H2,1-4H3. The SMILES string of the molecule is COc1nc(C)cc(=O)n1Cc1cc(C)nn1C. The summed E-state index contributed by atoms with van der Waals surface area (Å²) < 4.78 is 8.39. The summed E-state index contributed by atoms with van der Waals surface area (Å²) >= 11 is 0. The molecule has 6 nitrogen and oxygen atoms in total. The van der Waals surface area contributed by atoms with Crippen LogP contribution in [0.4, 0.5) is 0 Å². The van der Waals surface area contributed by atoms with Crippen molar-refractivity contribution in [1.29, 1.82) is 0 Å². The Kier molecular flexibility index (Phi) is 3.18. The van der Waals surface area contributed by atoms with E-state index in [0.29, 0.717) is 18.2 Å². The highest BCUT2D eigenvalue weighted by Gasteiger charge is 2.10. The number of aryl methyl sites for hydroxylation is 3. The number of rotatable bonds is 3. The van der Waals surface area contributed by atoms with Gasteiger partial charge < -0.3 is 4.74 Å². The van der Waals surface area contributed by atoms with Crippen LogP contribution in [0.2, 0.25) is 0 Å². The van der Waals surface area contributed by atoms with Crippen molar-refractivity contribution < 1.29 is 4.74 Å². The zero-order valence-corrected chi connectivity index (χ0v) is 11.0. The Labute approximate surface area is 105 Å². The van der Waals surface area contributed by atoms with E-state index in [9.17, 15) is 4.79 Å². The number of aromatic nitrogens is 4. The van der Waals surface area contributed by atoms with Crippen LogP contribution in [0.1, 0.15) is 17.1 Å². The lowest BCUT2D eigenvalue weighted by Gasteiger charge is -2.10. The van der Waals surface area contributed by atoms with Gasteiger partial charge in [-0.05, 0) is 19.9 Å². The van der Waals surface area contributed by atoms with E-state index in [1.54, 1.807) is 11.6 Å². The van der Waals surface area contributed by atoms with E-state index in [-0.39, 0.29) is 5.56 Å². The average Bonchev–Trinajstić information content (AvgIpc) is 2.60. The van der Waals surface area contributed by atoms with E-state index >= 15 is 0 Å². The first-order chi connectivity index (χ1) is 8.51. The van der Waals surface area contributed by atoms with Crippen LogP contribution in [0.15, 0.2) is 16.9 Å². The molecule has 0 saturated heterocycles. The molecule has 18 heavy (non-hydrogen) atoms. The Morgan fingerprint density at radius 2 is 2.00 bits per heavy atom. The Bertz CT molecular complexity index is 627. The van der Waals surface area contributed by atoms with Crippen molar-refractivity contribution in [3.63, 3.8) is 0 Å². The first-order valence-corrected chi connectivity index (χ1v) is 5.63. The number of nitrogens with zero attached hydrogens (tertiary/aromatic N) is 4. The maximum Gasteiger partial charge on any atom is 0.299 e. The molecule has 96 valence electrons. The molecule has 0 aliphatic rings. The molecule has 2 heterocycles. The fourth-order valence-electron chi connectivity index (χ4n) is 1.87. The Morgan fingerprint density at radius 3 is 2.56 bits per heavy atom. The van der Waals surface area contributed by atoms with Gasteiger partial charge in [-0.25, -0.2) is 4.98 Å². The molecule has 6 heteroatoms. The summed E-state index contributed by atoms with van der Waals surface area (Å²) in [4.78, 5) is 16.2. The van der Waals surface area contributed by atoms with Crippen molar-refractivity contribution in [1.82, 2.24) is 19.3 Å². The third-order valence-corrected chi connectivity index (χ3v) is 2.70. The topological polar surface area (TPSA) is 61.9 Å². The van der Waals surface area contributed by atoms with Gasteiger partial charge >= 0.3 is 0 Å². The lowest BCUT2D eigenvalue weighted by Crippen LogP contribution is -2.24. The van der Waals surface area contributed by atoms with Crippen LogP contribution in [0.5, 0.6) is 6.01 Å². The largest absolute Gasteiger partial charge is 0.468 e. The monoisotopic (exact) mass is 248 g/mol. The van der Waals surface area contributed by atoms with E-state index < -0.39 is 0 Å². The van der Waals surface area contributed by atoms with Gasteiger partial charge in [0.1, 0.15) is 0 Å². The quantitative estimate of drug-likeness (QED) is 0.800. The van der Waals surface area contributed by atoms with Crippen molar-refractivity contribution in [2.75, 3.05) is 7.11 Å². The second-order valence-corrected chi connectivity index (χ2v) is 4.21. The maximum atomic E-state index is 12.0. The van der Waals surface area contributed by atoms with E-state index in [4.69, 9.17) is 4.74 Å². The number of ether oxygens (including phenoxy) is 1. The van der Waals surface area contributed by atoms with Crippen molar-refractivity contribution in [2.45, 2.75) is 20.4 Å². The second kappa shape index (κ2) is 4.64. The molecule has 0 N–H and O–H groups in total. The van der Waals surface area contributed by atoms with Crippen molar-refractivity contribution in [3.8, 4) is 6.01 Å². The fraction of sp³-hybridized carbons (Fsp3) is 0.417. The molecule has 0 bridgehead atoms. The van der Waals surface area contributed by atoms with Gasteiger partial charge in [-0.15, -0.1) is 0 Å². The normalized spacial score (nSPS) is 10.7. The predicted molar refractivity (Wildman–Crippen MR) is 66.8 cm³/mol. The van der Waals surface area contributed by atoms with E-state index in [1.165, 1.54) is 17.7 Å². The van der Waals surface area contributed by atoms with Gasteiger partial charge in [0.15, 0.2) is 0 Å². The van der Waals surface area contributed by atoms with Gasteiger partial charge in [-0.1, -0.05) is 0 Å². The maximum absolute atomic E-state index is 12.0. The molecule has 0 unspecified atom stereocenters. The van der Waals surface area contributed by atoms with Gasteiger partial charge in [0.25, 0.3) is 11.6 Å². The predicted octanol–water partition coefficient (Wildman–Crippen LogP) is 0.651. The van der Waals surface area contributed by atoms with Gasteiger partial charge in [0.05, 0.1) is 25.0 Å². The Hall–Kier alpha value is -2.11. The average molecular weight is 248 g/mol. The fourth-order valence-corrected chi connectivity index (χ4v) is 1.87. The molecule has 0 atom stereocenters. The molecule has 0 saturated carbocycles. The first-order valence-electron chi connectivity index (χ1n) is 5.63. The lowest BCUT2D eigenvalue weighted by molar-refractivity contribution is 0.348. The first kappa shape index (κ1) is 12.3. The zero-order chi connectivity index (χ0) is 13.3. The van der Waals surface area contributed by atoms with Crippen LogP contribution in [0.3, 0.4) is 0 Å². The molecule has 0 radical (unpaired) electrons. The number of methoxy groups -OCH3 is 1. The summed E-state index contributed by atoms with van der Waals surface area (Å²) in [7, 11) is 3.35. The molecule has 0 aromatic carbocycles. The molecule has 0 amide bonds. The van der Waals surface area contributed by atoms with Crippen LogP contribution >= 0.6 is 0 Å². The summed E-state index contributed by atoms with van der Waals surface area (Å²) in [5.74, 6) is 0. The zero-order valence-electron chi connectivity index (χ0n) is 11.0.